The van der Waals surface area contributed by atoms with E-state index in [1.165, 1.54) is 0 Å². The lowest BCUT2D eigenvalue weighted by Crippen LogP contribution is -2.45. The van der Waals surface area contributed by atoms with Crippen molar-refractivity contribution < 1.29 is 14.7 Å². The third-order valence-corrected chi connectivity index (χ3v) is 3.14. The Morgan fingerprint density at radius 2 is 1.89 bits per heavy atom. The summed E-state index contributed by atoms with van der Waals surface area (Å²) in [5.41, 5.74) is 2.41. The van der Waals surface area contributed by atoms with Crippen molar-refractivity contribution in [1.29, 1.82) is 0 Å². The largest absolute Gasteiger partial charge is 0.388 e. The third kappa shape index (κ3) is 5.72. The van der Waals surface area contributed by atoms with Gasteiger partial charge in [-0.25, -0.2) is 10.3 Å². The highest BCUT2D eigenvalue weighted by Gasteiger charge is 2.22. The molecule has 0 heterocycles. The monoisotopic (exact) mass is 266 g/mol. The van der Waals surface area contributed by atoms with Crippen molar-refractivity contribution in [2.75, 3.05) is 6.54 Å². The van der Waals surface area contributed by atoms with Crippen molar-refractivity contribution in [3.05, 3.63) is 35.9 Å². The van der Waals surface area contributed by atoms with E-state index >= 15 is 0 Å². The van der Waals surface area contributed by atoms with E-state index in [9.17, 15) is 9.90 Å². The average Bonchev–Trinajstić information content (AvgIpc) is 2.46. The Kier molecular flexibility index (Phi) is 6.32. The molecular formula is C14H22N2O3. The van der Waals surface area contributed by atoms with E-state index in [-0.39, 0.29) is 6.54 Å². The second kappa shape index (κ2) is 7.76. The van der Waals surface area contributed by atoms with Crippen molar-refractivity contribution in [3.8, 4) is 0 Å². The Balaban J connectivity index is 2.22. The van der Waals surface area contributed by atoms with Gasteiger partial charge in [0.05, 0.1) is 12.2 Å². The van der Waals surface area contributed by atoms with Crippen LogP contribution in [0.1, 0.15) is 32.3 Å². The first kappa shape index (κ1) is 15.5. The number of aliphatic hydroxyl groups is 1. The molecule has 0 bridgehead atoms. The minimum absolute atomic E-state index is 0.209. The number of carbonyl (C=O) groups excluding carboxylic acids is 1. The second-order valence-corrected chi connectivity index (χ2v) is 4.49. The predicted molar refractivity (Wildman–Crippen MR) is 73.3 cm³/mol. The summed E-state index contributed by atoms with van der Waals surface area (Å²) in [5, 5.41) is 12.6. The van der Waals surface area contributed by atoms with Crippen LogP contribution in [0, 0.1) is 0 Å². The van der Waals surface area contributed by atoms with Gasteiger partial charge in [-0.3, -0.25) is 4.84 Å². The molecule has 0 aliphatic carbocycles. The molecule has 0 atom stereocenters. The third-order valence-electron chi connectivity index (χ3n) is 3.14. The van der Waals surface area contributed by atoms with Crippen LogP contribution in [-0.4, -0.2) is 23.3 Å². The first-order valence-electron chi connectivity index (χ1n) is 6.51. The van der Waals surface area contributed by atoms with Gasteiger partial charge in [0, 0.05) is 6.54 Å². The minimum Gasteiger partial charge on any atom is -0.388 e. The van der Waals surface area contributed by atoms with Gasteiger partial charge >= 0.3 is 6.03 Å². The maximum Gasteiger partial charge on any atom is 0.338 e. The molecule has 0 saturated heterocycles. The Labute approximate surface area is 113 Å². The van der Waals surface area contributed by atoms with Gasteiger partial charge in [0.1, 0.15) is 0 Å². The van der Waals surface area contributed by atoms with Crippen molar-refractivity contribution >= 4 is 6.03 Å². The average molecular weight is 266 g/mol. The number of amides is 2. The number of hydrogen-bond acceptors (Lipinski definition) is 3. The van der Waals surface area contributed by atoms with Crippen LogP contribution in [-0.2, 0) is 11.4 Å². The molecule has 0 aliphatic rings. The van der Waals surface area contributed by atoms with Gasteiger partial charge in [-0.15, -0.1) is 0 Å². The van der Waals surface area contributed by atoms with Gasteiger partial charge in [-0.1, -0.05) is 44.2 Å². The van der Waals surface area contributed by atoms with Gasteiger partial charge in [0.25, 0.3) is 0 Å². The van der Waals surface area contributed by atoms with Crippen molar-refractivity contribution in [2.45, 2.75) is 38.9 Å². The Hall–Kier alpha value is -1.59. The topological polar surface area (TPSA) is 70.6 Å². The van der Waals surface area contributed by atoms with Crippen molar-refractivity contribution in [1.82, 2.24) is 10.8 Å². The van der Waals surface area contributed by atoms with E-state index in [2.05, 4.69) is 10.8 Å². The molecule has 0 fully saturated rings. The first-order valence-corrected chi connectivity index (χ1v) is 6.51. The highest BCUT2D eigenvalue weighted by Crippen LogP contribution is 2.12. The Morgan fingerprint density at radius 1 is 1.26 bits per heavy atom. The van der Waals surface area contributed by atoms with E-state index in [4.69, 9.17) is 4.84 Å². The zero-order valence-electron chi connectivity index (χ0n) is 11.5. The van der Waals surface area contributed by atoms with Gasteiger partial charge in [0.2, 0.25) is 0 Å². The highest BCUT2D eigenvalue weighted by molar-refractivity contribution is 5.72. The van der Waals surface area contributed by atoms with Crippen LogP contribution in [0.15, 0.2) is 30.3 Å². The summed E-state index contributed by atoms with van der Waals surface area (Å²) in [4.78, 5) is 16.5. The van der Waals surface area contributed by atoms with Crippen LogP contribution in [0.3, 0.4) is 0 Å². The number of rotatable bonds is 7. The standard InChI is InChI=1S/C14H22N2O3/c1-3-14(18,4-2)11-15-13(17)16-19-10-12-8-6-5-7-9-12/h5-9,18H,3-4,10-11H2,1-2H3,(H2,15,16,17). The lowest BCUT2D eigenvalue weighted by molar-refractivity contribution is 0.0256. The predicted octanol–water partition coefficient (Wildman–Crippen LogP) is 1.97. The van der Waals surface area contributed by atoms with Gasteiger partial charge in [-0.2, -0.15) is 0 Å². The van der Waals surface area contributed by atoms with E-state index in [1.807, 2.05) is 44.2 Å². The maximum atomic E-state index is 11.5. The molecule has 0 aromatic heterocycles. The zero-order valence-corrected chi connectivity index (χ0v) is 11.5. The Morgan fingerprint density at radius 3 is 2.47 bits per heavy atom. The van der Waals surface area contributed by atoms with Crippen molar-refractivity contribution in [3.63, 3.8) is 0 Å². The van der Waals surface area contributed by atoms with Gasteiger partial charge in [-0.05, 0) is 18.4 Å². The summed E-state index contributed by atoms with van der Waals surface area (Å²) in [6, 6.07) is 9.10. The number of hydroxylamine groups is 1. The Bertz CT molecular complexity index is 378. The molecule has 5 nitrogen and oxygen atoms in total. The highest BCUT2D eigenvalue weighted by atomic mass is 16.7. The molecule has 1 aromatic rings. The second-order valence-electron chi connectivity index (χ2n) is 4.49. The lowest BCUT2D eigenvalue weighted by Gasteiger charge is -2.25. The first-order chi connectivity index (χ1) is 9.09. The molecule has 2 amide bonds. The van der Waals surface area contributed by atoms with Crippen LogP contribution in [0.5, 0.6) is 0 Å². The van der Waals surface area contributed by atoms with Crippen LogP contribution < -0.4 is 10.8 Å². The number of carbonyl (C=O) groups is 1. The molecule has 0 radical (unpaired) electrons. The van der Waals surface area contributed by atoms with Gasteiger partial charge in [0.15, 0.2) is 0 Å². The molecule has 0 aliphatic heterocycles. The van der Waals surface area contributed by atoms with Crippen LogP contribution >= 0.6 is 0 Å². The molecule has 106 valence electrons. The molecule has 3 N–H and O–H groups in total. The minimum atomic E-state index is -0.850. The van der Waals surface area contributed by atoms with E-state index < -0.39 is 11.6 Å². The summed E-state index contributed by atoms with van der Waals surface area (Å²) in [5.74, 6) is 0. The van der Waals surface area contributed by atoms with E-state index in [1.54, 1.807) is 0 Å². The van der Waals surface area contributed by atoms with E-state index in [0.29, 0.717) is 19.4 Å². The SMILES string of the molecule is CCC(O)(CC)CNC(=O)NOCc1ccccc1. The van der Waals surface area contributed by atoms with Crippen LogP contribution in [0.2, 0.25) is 0 Å². The number of urea groups is 1. The smallest absolute Gasteiger partial charge is 0.338 e. The summed E-state index contributed by atoms with van der Waals surface area (Å²) in [6.07, 6.45) is 1.18. The van der Waals surface area contributed by atoms with E-state index in [0.717, 1.165) is 5.56 Å². The van der Waals surface area contributed by atoms with Crippen LogP contribution in [0.25, 0.3) is 0 Å². The molecular weight excluding hydrogens is 244 g/mol. The molecule has 0 saturated carbocycles. The van der Waals surface area contributed by atoms with Gasteiger partial charge < -0.3 is 10.4 Å². The molecule has 1 rings (SSSR count). The lowest BCUT2D eigenvalue weighted by atomic mass is 9.98. The van der Waals surface area contributed by atoms with Crippen LogP contribution in [0.4, 0.5) is 4.79 Å². The quantitative estimate of drug-likeness (QED) is 0.661. The summed E-state index contributed by atoms with van der Waals surface area (Å²) < 4.78 is 0. The fraction of sp³-hybridized carbons (Fsp3) is 0.500. The molecule has 0 spiro atoms. The summed E-state index contributed by atoms with van der Waals surface area (Å²) in [7, 11) is 0. The normalized spacial score (nSPS) is 11.1. The number of nitrogens with one attached hydrogen (secondary N) is 2. The number of hydrogen-bond donors (Lipinski definition) is 3. The maximum absolute atomic E-state index is 11.5. The summed E-state index contributed by atoms with van der Waals surface area (Å²) in [6.45, 7) is 4.28. The van der Waals surface area contributed by atoms with Crippen molar-refractivity contribution in [2.24, 2.45) is 0 Å². The molecule has 1 aromatic carbocycles. The fourth-order valence-corrected chi connectivity index (χ4v) is 1.54. The molecule has 0 unspecified atom stereocenters. The molecule has 5 heteroatoms. The zero-order chi connectivity index (χ0) is 14.1. The number of benzene rings is 1. The summed E-state index contributed by atoms with van der Waals surface area (Å²) >= 11 is 0. The molecule has 19 heavy (non-hydrogen) atoms. The fourth-order valence-electron chi connectivity index (χ4n) is 1.54.